The molecule has 0 spiro atoms. The van der Waals surface area contributed by atoms with E-state index in [9.17, 15) is 23.7 Å². The molecule has 1 N–H and O–H groups in total. The number of amides is 1. The molecular weight excluding hydrogens is 434 g/mol. The summed E-state index contributed by atoms with van der Waals surface area (Å²) < 4.78 is 27.2. The fraction of sp³-hybridized carbons (Fsp3) is 0.158. The number of aromatic nitrogens is 2. The molecule has 0 unspecified atom stereocenters. The minimum Gasteiger partial charge on any atom is -0.306 e. The lowest BCUT2D eigenvalue weighted by molar-refractivity contribution is -0.384. The van der Waals surface area contributed by atoms with Gasteiger partial charge in [-0.15, -0.1) is 0 Å². The molecule has 2 heterocycles. The van der Waals surface area contributed by atoms with Crippen LogP contribution in [0.25, 0.3) is 5.69 Å². The van der Waals surface area contributed by atoms with E-state index in [4.69, 9.17) is 0 Å². The quantitative estimate of drug-likeness (QED) is 0.321. The summed E-state index contributed by atoms with van der Waals surface area (Å²) >= 11 is 1.96. The molecule has 7 nitrogen and oxygen atoms in total. The van der Waals surface area contributed by atoms with Crippen LogP contribution in [0.2, 0.25) is 0 Å². The maximum atomic E-state index is 12.9. The van der Waals surface area contributed by atoms with E-state index >= 15 is 0 Å². The zero-order chi connectivity index (χ0) is 21.3. The third-order valence-corrected chi connectivity index (χ3v) is 6.20. The normalized spacial score (nSPS) is 12.8. The van der Waals surface area contributed by atoms with Gasteiger partial charge in [0.25, 0.3) is 17.4 Å². The molecule has 1 aliphatic heterocycles. The summed E-state index contributed by atoms with van der Waals surface area (Å²) in [5.74, 6) is -1.42. The van der Waals surface area contributed by atoms with Gasteiger partial charge < -0.3 is 5.32 Å². The monoisotopic (exact) mass is 448 g/mol. The molecule has 154 valence electrons. The van der Waals surface area contributed by atoms with Gasteiger partial charge in [-0.05, 0) is 24.3 Å². The number of alkyl halides is 2. The molecule has 0 saturated carbocycles. The van der Waals surface area contributed by atoms with Gasteiger partial charge >= 0.3 is 0 Å². The highest BCUT2D eigenvalue weighted by molar-refractivity contribution is 7.99. The first-order valence-corrected chi connectivity index (χ1v) is 10.8. The van der Waals surface area contributed by atoms with Crippen molar-refractivity contribution in [3.63, 3.8) is 0 Å². The Bertz CT molecular complexity index is 1120. The van der Waals surface area contributed by atoms with Gasteiger partial charge in [0.15, 0.2) is 0 Å². The Labute approximate surface area is 178 Å². The molecule has 1 amide bonds. The Kier molecular flexibility index (Phi) is 5.73. The predicted octanol–water partition coefficient (Wildman–Crippen LogP) is 5.09. The Morgan fingerprint density at radius 1 is 1.20 bits per heavy atom. The number of nitro benzene ring substituents is 1. The number of fused-ring (bicyclic) bond motifs is 1. The van der Waals surface area contributed by atoms with E-state index < -0.39 is 16.6 Å². The number of carbonyl (C=O) groups is 1. The number of carbonyl (C=O) groups excluding carboxylic acids is 1. The molecule has 2 aromatic carbocycles. The van der Waals surface area contributed by atoms with E-state index in [1.807, 2.05) is 0 Å². The molecular formula is C19H14F2N4O3S2. The standard InChI is InChI=1S/C19H14F2N4O3S2/c20-19(21)30-16-4-2-1-3-13(16)18(26)22-17-14-9-29-10-15(14)23-24(17)11-5-7-12(8-6-11)25(27)28/h1-8,19H,9-10H2,(H,22,26). The third kappa shape index (κ3) is 4.03. The van der Waals surface area contributed by atoms with E-state index in [-0.39, 0.29) is 16.1 Å². The Morgan fingerprint density at radius 3 is 2.63 bits per heavy atom. The van der Waals surface area contributed by atoms with E-state index in [0.717, 1.165) is 11.3 Å². The maximum Gasteiger partial charge on any atom is 0.288 e. The van der Waals surface area contributed by atoms with Crippen LogP contribution in [0.4, 0.5) is 20.3 Å². The molecule has 11 heteroatoms. The molecule has 4 rings (SSSR count). The number of hydrogen-bond donors (Lipinski definition) is 1. The van der Waals surface area contributed by atoms with Crippen molar-refractivity contribution in [2.75, 3.05) is 5.32 Å². The average molecular weight is 448 g/mol. The summed E-state index contributed by atoms with van der Waals surface area (Å²) in [7, 11) is 0. The van der Waals surface area contributed by atoms with E-state index in [1.54, 1.807) is 36.0 Å². The van der Waals surface area contributed by atoms with Gasteiger partial charge in [-0.3, -0.25) is 14.9 Å². The molecule has 1 aromatic heterocycles. The minimum atomic E-state index is -2.65. The van der Waals surface area contributed by atoms with Crippen LogP contribution in [-0.4, -0.2) is 26.4 Å². The number of nitrogens with one attached hydrogen (secondary N) is 1. The molecule has 0 atom stereocenters. The van der Waals surface area contributed by atoms with Crippen LogP contribution in [0, 0.1) is 10.1 Å². The van der Waals surface area contributed by atoms with Gasteiger partial charge in [0, 0.05) is 34.1 Å². The Balaban J connectivity index is 1.70. The highest BCUT2D eigenvalue weighted by Crippen LogP contribution is 2.37. The molecule has 0 aliphatic carbocycles. The average Bonchev–Trinajstić information content (AvgIpc) is 3.30. The molecule has 3 aromatic rings. The molecule has 30 heavy (non-hydrogen) atoms. The van der Waals surface area contributed by atoms with Crippen molar-refractivity contribution in [2.45, 2.75) is 22.2 Å². The number of hydrogen-bond acceptors (Lipinski definition) is 6. The molecule has 0 radical (unpaired) electrons. The topological polar surface area (TPSA) is 90.1 Å². The smallest absolute Gasteiger partial charge is 0.288 e. The van der Waals surface area contributed by atoms with Gasteiger partial charge in [0.1, 0.15) is 5.82 Å². The van der Waals surface area contributed by atoms with Gasteiger partial charge in [0.2, 0.25) is 0 Å². The van der Waals surface area contributed by atoms with E-state index in [1.165, 1.54) is 28.9 Å². The van der Waals surface area contributed by atoms with Gasteiger partial charge in [-0.2, -0.15) is 25.6 Å². The van der Waals surface area contributed by atoms with Crippen molar-refractivity contribution in [3.05, 3.63) is 75.5 Å². The lowest BCUT2D eigenvalue weighted by Crippen LogP contribution is -2.17. The van der Waals surface area contributed by atoms with Crippen molar-refractivity contribution in [2.24, 2.45) is 0 Å². The molecule has 0 fully saturated rings. The second kappa shape index (κ2) is 8.44. The van der Waals surface area contributed by atoms with Crippen molar-refractivity contribution in [1.82, 2.24) is 9.78 Å². The summed E-state index contributed by atoms with van der Waals surface area (Å²) in [6.45, 7) is 0. The van der Waals surface area contributed by atoms with Crippen molar-refractivity contribution in [3.8, 4) is 5.69 Å². The Morgan fingerprint density at radius 2 is 1.93 bits per heavy atom. The lowest BCUT2D eigenvalue weighted by Gasteiger charge is -2.13. The van der Waals surface area contributed by atoms with Crippen LogP contribution >= 0.6 is 23.5 Å². The number of thioether (sulfide) groups is 2. The van der Waals surface area contributed by atoms with Gasteiger partial charge in [-0.25, -0.2) is 4.68 Å². The Hall–Kier alpha value is -2.92. The number of rotatable bonds is 6. The number of anilines is 1. The minimum absolute atomic E-state index is 0.0578. The molecule has 0 bridgehead atoms. The second-order valence-electron chi connectivity index (χ2n) is 6.28. The first-order valence-electron chi connectivity index (χ1n) is 8.72. The maximum absolute atomic E-state index is 12.9. The van der Waals surface area contributed by atoms with Crippen LogP contribution in [0.3, 0.4) is 0 Å². The summed E-state index contributed by atoms with van der Waals surface area (Å²) in [6, 6.07) is 12.0. The summed E-state index contributed by atoms with van der Waals surface area (Å²) in [5, 5.41) is 18.3. The second-order valence-corrected chi connectivity index (χ2v) is 8.30. The fourth-order valence-electron chi connectivity index (χ4n) is 3.07. The SMILES string of the molecule is O=C(Nc1c2c(nn1-c1ccc([N+](=O)[O-])cc1)CSC2)c1ccccc1SC(F)F. The highest BCUT2D eigenvalue weighted by Gasteiger charge is 2.26. The predicted molar refractivity (Wildman–Crippen MR) is 111 cm³/mol. The molecule has 0 saturated heterocycles. The number of non-ortho nitro benzene ring substituents is 1. The van der Waals surface area contributed by atoms with Crippen LogP contribution in [0.1, 0.15) is 21.6 Å². The van der Waals surface area contributed by atoms with Crippen LogP contribution in [-0.2, 0) is 11.5 Å². The number of nitrogens with zero attached hydrogens (tertiary/aromatic N) is 3. The first-order chi connectivity index (χ1) is 14.4. The summed E-state index contributed by atoms with van der Waals surface area (Å²) in [4.78, 5) is 23.5. The summed E-state index contributed by atoms with van der Waals surface area (Å²) in [5.41, 5.74) is 2.29. The zero-order valence-corrected chi connectivity index (χ0v) is 16.9. The van der Waals surface area contributed by atoms with Crippen molar-refractivity contribution < 1.29 is 18.5 Å². The first kappa shape index (κ1) is 20.4. The zero-order valence-electron chi connectivity index (χ0n) is 15.2. The number of nitro groups is 1. The van der Waals surface area contributed by atoms with Crippen molar-refractivity contribution >= 4 is 40.9 Å². The number of halogens is 2. The lowest BCUT2D eigenvalue weighted by atomic mass is 10.2. The van der Waals surface area contributed by atoms with Gasteiger partial charge in [0.05, 0.1) is 21.9 Å². The largest absolute Gasteiger partial charge is 0.306 e. The third-order valence-electron chi connectivity index (χ3n) is 4.44. The summed E-state index contributed by atoms with van der Waals surface area (Å²) in [6.07, 6.45) is 0. The van der Waals surface area contributed by atoms with Gasteiger partial charge in [-0.1, -0.05) is 23.9 Å². The highest BCUT2D eigenvalue weighted by atomic mass is 32.2. The van der Waals surface area contributed by atoms with Crippen LogP contribution < -0.4 is 5.32 Å². The van der Waals surface area contributed by atoms with Crippen LogP contribution in [0.5, 0.6) is 0 Å². The van der Waals surface area contributed by atoms with E-state index in [0.29, 0.717) is 34.8 Å². The van der Waals surface area contributed by atoms with Crippen LogP contribution in [0.15, 0.2) is 53.4 Å². The number of benzene rings is 2. The molecule has 1 aliphatic rings. The van der Waals surface area contributed by atoms with E-state index in [2.05, 4.69) is 10.4 Å². The fourth-order valence-corrected chi connectivity index (χ4v) is 4.74. The van der Waals surface area contributed by atoms with Crippen molar-refractivity contribution in [1.29, 1.82) is 0 Å².